The lowest BCUT2D eigenvalue weighted by atomic mass is 10.3. The normalized spacial score (nSPS) is 8.70. The first-order chi connectivity index (χ1) is 4.74. The Morgan fingerprint density at radius 1 is 1.50 bits per heavy atom. The van der Waals surface area contributed by atoms with Crippen LogP contribution >= 0.6 is 0 Å². The average Bonchev–Trinajstić information content (AvgIpc) is 1.95. The van der Waals surface area contributed by atoms with E-state index in [1.807, 2.05) is 6.07 Å². The number of hydrogen-bond donors (Lipinski definition) is 2. The van der Waals surface area contributed by atoms with Gasteiger partial charge in [0.2, 0.25) is 0 Å². The Hall–Kier alpha value is -1.76. The molecule has 1 aromatic heterocycles. The fraction of sp³-hybridized carbons (Fsp3) is 0. The van der Waals surface area contributed by atoms with Crippen molar-refractivity contribution in [1.29, 1.82) is 5.26 Å². The molecule has 0 amide bonds. The Balaban J connectivity index is 3.20. The summed E-state index contributed by atoms with van der Waals surface area (Å²) in [5.74, 6) is 0.263. The monoisotopic (exact) mass is 134 g/mol. The number of hydrogen-bond acceptors (Lipinski definition) is 4. The van der Waals surface area contributed by atoms with Gasteiger partial charge in [-0.2, -0.15) is 5.26 Å². The third-order valence-corrected chi connectivity index (χ3v) is 1.08. The van der Waals surface area contributed by atoms with Crippen molar-refractivity contribution in [3.8, 4) is 6.07 Å². The molecule has 0 spiro atoms. The second-order valence-corrected chi connectivity index (χ2v) is 1.81. The first-order valence-corrected chi connectivity index (χ1v) is 2.65. The molecule has 0 atom stereocenters. The number of rotatable bonds is 0. The summed E-state index contributed by atoms with van der Waals surface area (Å²) in [6.07, 6.45) is 1.38. The van der Waals surface area contributed by atoms with Gasteiger partial charge in [-0.15, -0.1) is 0 Å². The highest BCUT2D eigenvalue weighted by atomic mass is 14.9. The van der Waals surface area contributed by atoms with Crippen LogP contribution in [-0.4, -0.2) is 4.98 Å². The minimum Gasteiger partial charge on any atom is -0.396 e. The summed E-state index contributed by atoms with van der Waals surface area (Å²) in [5.41, 5.74) is 11.4. The van der Waals surface area contributed by atoms with E-state index in [9.17, 15) is 0 Å². The van der Waals surface area contributed by atoms with Crippen molar-refractivity contribution in [2.45, 2.75) is 0 Å². The number of nitrogens with two attached hydrogens (primary N) is 2. The second-order valence-electron chi connectivity index (χ2n) is 1.81. The Bertz CT molecular complexity index is 286. The van der Waals surface area contributed by atoms with Crippen molar-refractivity contribution in [2.24, 2.45) is 0 Å². The molecular weight excluding hydrogens is 128 g/mol. The number of aromatic nitrogens is 1. The van der Waals surface area contributed by atoms with Crippen LogP contribution in [0, 0.1) is 11.3 Å². The molecule has 0 radical (unpaired) electrons. The van der Waals surface area contributed by atoms with Crippen LogP contribution in [0.5, 0.6) is 0 Å². The molecule has 0 unspecified atom stereocenters. The fourth-order valence-electron chi connectivity index (χ4n) is 0.554. The summed E-state index contributed by atoms with van der Waals surface area (Å²) in [5, 5.41) is 8.37. The number of pyridine rings is 1. The topological polar surface area (TPSA) is 88.7 Å². The summed E-state index contributed by atoms with van der Waals surface area (Å²) in [6, 6.07) is 3.39. The molecular formula is C6H6N4. The van der Waals surface area contributed by atoms with Crippen molar-refractivity contribution < 1.29 is 0 Å². The van der Waals surface area contributed by atoms with Crippen LogP contribution < -0.4 is 11.5 Å². The van der Waals surface area contributed by atoms with Crippen LogP contribution in [0.15, 0.2) is 12.3 Å². The lowest BCUT2D eigenvalue weighted by Crippen LogP contribution is -1.97. The number of nitrogens with zero attached hydrogens (tertiary/aromatic N) is 2. The predicted molar refractivity (Wildman–Crippen MR) is 37.8 cm³/mol. The van der Waals surface area contributed by atoms with E-state index in [0.29, 0.717) is 11.3 Å². The molecule has 1 rings (SSSR count). The molecule has 0 saturated heterocycles. The Morgan fingerprint density at radius 2 is 2.20 bits per heavy atom. The maximum atomic E-state index is 8.37. The molecule has 50 valence electrons. The maximum absolute atomic E-state index is 8.37. The molecule has 1 aromatic rings. The highest BCUT2D eigenvalue weighted by Gasteiger charge is 1.95. The summed E-state index contributed by atoms with van der Waals surface area (Å²) < 4.78 is 0. The third kappa shape index (κ3) is 0.977. The third-order valence-electron chi connectivity index (χ3n) is 1.08. The molecule has 0 fully saturated rings. The molecule has 10 heavy (non-hydrogen) atoms. The van der Waals surface area contributed by atoms with E-state index in [1.165, 1.54) is 12.3 Å². The van der Waals surface area contributed by atoms with Crippen LogP contribution in [0.1, 0.15) is 5.56 Å². The zero-order valence-corrected chi connectivity index (χ0v) is 5.20. The zero-order chi connectivity index (χ0) is 7.56. The van der Waals surface area contributed by atoms with Crippen LogP contribution in [0.25, 0.3) is 0 Å². The molecule has 4 N–H and O–H groups in total. The van der Waals surface area contributed by atoms with E-state index in [2.05, 4.69) is 4.98 Å². The van der Waals surface area contributed by atoms with Gasteiger partial charge in [-0.1, -0.05) is 0 Å². The minimum atomic E-state index is 0.263. The molecule has 0 saturated carbocycles. The average molecular weight is 134 g/mol. The quantitative estimate of drug-likeness (QED) is 0.527. The number of nitriles is 1. The SMILES string of the molecule is N#Cc1cnc(N)c(N)c1. The van der Waals surface area contributed by atoms with Crippen LogP contribution in [0.4, 0.5) is 11.5 Å². The van der Waals surface area contributed by atoms with Gasteiger partial charge in [0, 0.05) is 6.20 Å². The molecule has 0 aliphatic rings. The Morgan fingerprint density at radius 3 is 2.70 bits per heavy atom. The number of nitrogen functional groups attached to an aromatic ring is 2. The van der Waals surface area contributed by atoms with Crippen molar-refractivity contribution in [2.75, 3.05) is 11.5 Å². The molecule has 0 aliphatic carbocycles. The smallest absolute Gasteiger partial charge is 0.146 e. The fourth-order valence-corrected chi connectivity index (χ4v) is 0.554. The Kier molecular flexibility index (Phi) is 1.42. The van der Waals surface area contributed by atoms with E-state index >= 15 is 0 Å². The first kappa shape index (κ1) is 6.36. The van der Waals surface area contributed by atoms with E-state index in [-0.39, 0.29) is 5.82 Å². The van der Waals surface area contributed by atoms with Crippen molar-refractivity contribution in [3.63, 3.8) is 0 Å². The number of anilines is 2. The first-order valence-electron chi connectivity index (χ1n) is 2.65. The van der Waals surface area contributed by atoms with Gasteiger partial charge in [0.1, 0.15) is 11.9 Å². The van der Waals surface area contributed by atoms with Crippen LogP contribution in [0.2, 0.25) is 0 Å². The second kappa shape index (κ2) is 2.23. The van der Waals surface area contributed by atoms with E-state index < -0.39 is 0 Å². The van der Waals surface area contributed by atoms with Gasteiger partial charge in [-0.3, -0.25) is 0 Å². The van der Waals surface area contributed by atoms with Gasteiger partial charge in [0.05, 0.1) is 11.3 Å². The van der Waals surface area contributed by atoms with Crippen molar-refractivity contribution >= 4 is 11.5 Å². The highest BCUT2D eigenvalue weighted by molar-refractivity contribution is 5.59. The standard InChI is InChI=1S/C6H6N4/c7-2-4-1-5(8)6(9)10-3-4/h1,3H,8H2,(H2,9,10). The van der Waals surface area contributed by atoms with Crippen LogP contribution in [0.3, 0.4) is 0 Å². The van der Waals surface area contributed by atoms with Gasteiger partial charge in [-0.05, 0) is 6.07 Å². The molecule has 1 heterocycles. The summed E-state index contributed by atoms with van der Waals surface area (Å²) >= 11 is 0. The molecule has 0 aromatic carbocycles. The molecule has 0 aliphatic heterocycles. The maximum Gasteiger partial charge on any atom is 0.146 e. The predicted octanol–water partition coefficient (Wildman–Crippen LogP) is 0.118. The lowest BCUT2D eigenvalue weighted by Gasteiger charge is -1.95. The van der Waals surface area contributed by atoms with E-state index in [1.54, 1.807) is 0 Å². The molecule has 0 bridgehead atoms. The van der Waals surface area contributed by atoms with Gasteiger partial charge in [0.15, 0.2) is 0 Å². The van der Waals surface area contributed by atoms with E-state index in [4.69, 9.17) is 16.7 Å². The highest BCUT2D eigenvalue weighted by Crippen LogP contribution is 2.10. The largest absolute Gasteiger partial charge is 0.396 e. The molecule has 4 nitrogen and oxygen atoms in total. The van der Waals surface area contributed by atoms with Crippen molar-refractivity contribution in [1.82, 2.24) is 4.98 Å². The lowest BCUT2D eigenvalue weighted by molar-refractivity contribution is 1.31. The van der Waals surface area contributed by atoms with E-state index in [0.717, 1.165) is 0 Å². The summed E-state index contributed by atoms with van der Waals surface area (Å²) in [7, 11) is 0. The molecule has 4 heteroatoms. The minimum absolute atomic E-state index is 0.263. The van der Waals surface area contributed by atoms with Gasteiger partial charge >= 0.3 is 0 Å². The summed E-state index contributed by atoms with van der Waals surface area (Å²) in [6.45, 7) is 0. The Labute approximate surface area is 58.1 Å². The summed E-state index contributed by atoms with van der Waals surface area (Å²) in [4.78, 5) is 3.68. The zero-order valence-electron chi connectivity index (χ0n) is 5.20. The van der Waals surface area contributed by atoms with Gasteiger partial charge in [-0.25, -0.2) is 4.98 Å². The van der Waals surface area contributed by atoms with Gasteiger partial charge in [0.25, 0.3) is 0 Å². The van der Waals surface area contributed by atoms with Crippen LogP contribution in [-0.2, 0) is 0 Å². The van der Waals surface area contributed by atoms with Gasteiger partial charge < -0.3 is 11.5 Å². The van der Waals surface area contributed by atoms with Crippen molar-refractivity contribution in [3.05, 3.63) is 17.8 Å².